The number of allylic oxidation sites excluding steroid dienone is 2. The zero-order chi connectivity index (χ0) is 50.4. The molecular weight excluding hydrogens is 1010 g/mol. The van der Waals surface area contributed by atoms with E-state index in [2.05, 4.69) is 4.90 Å². The molecular formula is C75H37NO6. The highest BCUT2D eigenvalue weighted by molar-refractivity contribution is 6.75. The Kier molecular flexibility index (Phi) is 4.26. The van der Waals surface area contributed by atoms with E-state index in [1.54, 1.807) is 258 Å². The van der Waals surface area contributed by atoms with Crippen LogP contribution in [0.2, 0.25) is 0 Å². The van der Waals surface area contributed by atoms with Gasteiger partial charge in [-0.2, -0.15) is 0 Å². The van der Waals surface area contributed by atoms with Gasteiger partial charge in [0.2, 0.25) is 0 Å². The van der Waals surface area contributed by atoms with Crippen molar-refractivity contribution in [2.24, 2.45) is 5.41 Å². The Balaban J connectivity index is 0.874. The number of hydrogen-bond donors (Lipinski definition) is 0. The van der Waals surface area contributed by atoms with Gasteiger partial charge in [-0.15, -0.1) is 0 Å². The first-order valence-electron chi connectivity index (χ1n) is 31.4. The van der Waals surface area contributed by atoms with E-state index in [1.807, 2.05) is 39.0 Å². The number of likely N-dealkylation sites (tertiary alicyclic amines) is 1. The Morgan fingerprint density at radius 2 is 0.732 bits per heavy atom. The molecule has 19 aromatic rings. The van der Waals surface area contributed by atoms with Gasteiger partial charge in [0.05, 0.1) is 66.1 Å². The maximum absolute atomic E-state index is 7.42. The number of nitrogens with zero attached hydrogens (tertiary/aromatic N) is 1. The van der Waals surface area contributed by atoms with E-state index in [9.17, 15) is 0 Å². The van der Waals surface area contributed by atoms with Crippen LogP contribution < -0.4 is 0 Å². The second kappa shape index (κ2) is 9.56. The van der Waals surface area contributed by atoms with Crippen molar-refractivity contribution in [2.75, 3.05) is 93.4 Å². The first-order chi connectivity index (χ1) is 40.9. The molecule has 1 fully saturated rings. The summed E-state index contributed by atoms with van der Waals surface area (Å²) in [7, 11) is 3.52. The lowest BCUT2D eigenvalue weighted by molar-refractivity contribution is -0.0131. The highest BCUT2D eigenvalue weighted by Crippen LogP contribution is 2.94. The average molecular weight is 1050 g/mol. The van der Waals surface area contributed by atoms with Crippen LogP contribution in [-0.2, 0) is 33.8 Å². The van der Waals surface area contributed by atoms with E-state index in [0.717, 1.165) is 13.1 Å². The molecule has 19 aromatic carbocycles. The van der Waals surface area contributed by atoms with Crippen LogP contribution in [-0.4, -0.2) is 104 Å². The Bertz CT molecular complexity index is 6770. The number of rotatable bonds is 17. The second-order valence-corrected chi connectivity index (χ2v) is 29.4. The molecule has 33 rings (SSSR count). The third-order valence-corrected chi connectivity index (χ3v) is 28.9. The Labute approximate surface area is 459 Å². The van der Waals surface area contributed by atoms with Gasteiger partial charge in [0.15, 0.2) is 0 Å². The topological polar surface area (TPSA) is 58.6 Å². The molecule has 9 unspecified atom stereocenters. The van der Waals surface area contributed by atoms with Crippen LogP contribution >= 0.6 is 0 Å². The van der Waals surface area contributed by atoms with Crippen molar-refractivity contribution < 1.29 is 28.4 Å². The van der Waals surface area contributed by atoms with Gasteiger partial charge in [-0.25, -0.2) is 0 Å². The van der Waals surface area contributed by atoms with Gasteiger partial charge >= 0.3 is 0 Å². The van der Waals surface area contributed by atoms with Gasteiger partial charge in [-0.1, -0.05) is 0 Å². The summed E-state index contributed by atoms with van der Waals surface area (Å²) < 4.78 is 37.3. The molecule has 82 heavy (non-hydrogen) atoms. The van der Waals surface area contributed by atoms with Crippen LogP contribution in [0.3, 0.4) is 0 Å². The summed E-state index contributed by atoms with van der Waals surface area (Å²) in [5.74, 6) is 1.98. The minimum Gasteiger partial charge on any atom is -0.382 e. The molecule has 0 bridgehead atoms. The summed E-state index contributed by atoms with van der Waals surface area (Å²) in [5.41, 5.74) is 28.5. The van der Waals surface area contributed by atoms with Crippen molar-refractivity contribution in [1.82, 2.24) is 4.90 Å². The van der Waals surface area contributed by atoms with Crippen LogP contribution in [0.1, 0.15) is 102 Å². The lowest BCUT2D eigenvalue weighted by Gasteiger charge is -2.60. The molecule has 0 N–H and O–H groups in total. The third-order valence-electron chi connectivity index (χ3n) is 28.9. The molecule has 13 aliphatic carbocycles. The first kappa shape index (κ1) is 36.5. The van der Waals surface area contributed by atoms with Crippen molar-refractivity contribution in [2.45, 2.75) is 47.0 Å². The van der Waals surface area contributed by atoms with Crippen LogP contribution in [0, 0.1) is 5.41 Å². The summed E-state index contributed by atoms with van der Waals surface area (Å²) in [6.45, 7) is 7.96. The van der Waals surface area contributed by atoms with Crippen LogP contribution in [0.5, 0.6) is 0 Å². The Morgan fingerprint density at radius 3 is 1.26 bits per heavy atom. The standard InChI is InChI=1S/C75H37NO6/c1-77-5-7-80-10-9-79-4-3-76-14-74-70-62-54-44-34-26-18-16-17-20-24-22(18)30-38-32(24)42-36-28(20)29-21(17)25-23-19(16)27(26)35-41-31(23)39-33(25)43-37(29)47-46(36)58-52(42)60-50(38)56(48(54)40(30)34)64(70)66(60)72-68(58)69-59(47)53(43)61-51(39)57-49(41)55(45(35)44)63(62)71(74)65(57)67(61)73(69)75(72,74)15(76)13-82-12-11-81-8-6-78-2/h15,52,54,60,62,67,73H,3-14H2,1-2H3. The Morgan fingerprint density at radius 1 is 0.354 bits per heavy atom. The fraction of sp³-hybridized carbons (Fsp3) is 0.307. The summed E-state index contributed by atoms with van der Waals surface area (Å²) in [5, 5.41) is 61.1. The van der Waals surface area contributed by atoms with Gasteiger partial charge in [0, 0.05) is 79.7 Å². The van der Waals surface area contributed by atoms with E-state index in [1.165, 1.54) is 0 Å². The van der Waals surface area contributed by atoms with Crippen LogP contribution in [0.15, 0.2) is 11.1 Å². The molecule has 0 saturated carbocycles. The number of benzene rings is 13. The average Bonchev–Trinajstić information content (AvgIpc) is 1.39. The monoisotopic (exact) mass is 1050 g/mol. The van der Waals surface area contributed by atoms with Gasteiger partial charge in [0.1, 0.15) is 0 Å². The molecule has 0 aromatic heterocycles. The minimum absolute atomic E-state index is 0.134. The maximum Gasteiger partial charge on any atom is 0.0701 e. The normalized spacial score (nSPS) is 29.7. The number of methoxy groups -OCH3 is 2. The summed E-state index contributed by atoms with van der Waals surface area (Å²) in [6, 6.07) is 0.134. The van der Waals surface area contributed by atoms with Gasteiger partial charge < -0.3 is 28.4 Å². The zero-order valence-corrected chi connectivity index (χ0v) is 44.4. The molecule has 9 atom stereocenters. The molecule has 2 spiro atoms. The number of hydrogen-bond acceptors (Lipinski definition) is 7. The van der Waals surface area contributed by atoms with Crippen molar-refractivity contribution in [3.05, 3.63) is 77.9 Å². The van der Waals surface area contributed by atoms with Gasteiger partial charge in [0.25, 0.3) is 0 Å². The molecule has 7 nitrogen and oxygen atoms in total. The first-order valence-corrected chi connectivity index (χ1v) is 31.4. The summed E-state index contributed by atoms with van der Waals surface area (Å²) in [4.78, 5) is 3.03. The SMILES string of the molecule is COCCOCCOCCN1CC23C4=C5C6=C7c8c9c%10c%11c%12c%13c%14c(c2c2c%15c%16c%17c%18c%19c(c5c5c%20c%21c%22c%23c(c8C%22C65)c%10c5c%11c6c%13c8c(c%15%14)c%16c%10c%18c%11c(c%20%19)c%21c%13c%23c5c5c%13c%11c%10c8c65)C%17C42)C%12C9C73C1COCCOCCOC. The molecule has 7 heteroatoms. The van der Waals surface area contributed by atoms with Crippen molar-refractivity contribution >= 4 is 205 Å². The number of ether oxygens (including phenoxy) is 6. The van der Waals surface area contributed by atoms with Crippen molar-refractivity contribution in [3.8, 4) is 0 Å². The molecule has 378 valence electrons. The fourth-order valence-electron chi connectivity index (χ4n) is 28.7. The largest absolute Gasteiger partial charge is 0.382 e. The smallest absolute Gasteiger partial charge is 0.0701 e. The van der Waals surface area contributed by atoms with E-state index in [4.69, 9.17) is 28.4 Å². The minimum atomic E-state index is -0.243. The predicted molar refractivity (Wildman–Crippen MR) is 323 cm³/mol. The highest BCUT2D eigenvalue weighted by Gasteiger charge is 2.85. The molecule has 0 radical (unpaired) electrons. The van der Waals surface area contributed by atoms with E-state index < -0.39 is 0 Å². The van der Waals surface area contributed by atoms with E-state index in [-0.39, 0.29) is 16.9 Å². The predicted octanol–water partition coefficient (Wildman–Crippen LogP) is 14.5. The van der Waals surface area contributed by atoms with Crippen molar-refractivity contribution in [3.63, 3.8) is 0 Å². The molecule has 1 heterocycles. The lowest BCUT2D eigenvalue weighted by Crippen LogP contribution is -2.58. The van der Waals surface area contributed by atoms with E-state index >= 15 is 0 Å². The Hall–Kier alpha value is -7.04. The molecule has 1 saturated heterocycles. The summed E-state index contributed by atoms with van der Waals surface area (Å²) in [6.07, 6.45) is 0. The van der Waals surface area contributed by atoms with Crippen LogP contribution in [0.25, 0.3) is 205 Å². The molecule has 14 aliphatic rings. The maximum atomic E-state index is 7.42. The fourth-order valence-corrected chi connectivity index (χ4v) is 28.7. The van der Waals surface area contributed by atoms with E-state index in [0.29, 0.717) is 102 Å². The second-order valence-electron chi connectivity index (χ2n) is 29.4. The zero-order valence-electron chi connectivity index (χ0n) is 44.4. The van der Waals surface area contributed by atoms with Gasteiger partial charge in [-0.3, -0.25) is 4.90 Å². The third kappa shape index (κ3) is 2.36. The van der Waals surface area contributed by atoms with Gasteiger partial charge in [-0.05, 0) is 283 Å². The highest BCUT2D eigenvalue weighted by atomic mass is 16.5. The molecule has 1 aliphatic heterocycles. The summed E-state index contributed by atoms with van der Waals surface area (Å²) >= 11 is 0. The lowest BCUT2D eigenvalue weighted by atomic mass is 9.41. The molecule has 0 amide bonds. The van der Waals surface area contributed by atoms with Crippen LogP contribution in [0.4, 0.5) is 0 Å². The quantitative estimate of drug-likeness (QED) is 0.0665. The van der Waals surface area contributed by atoms with Crippen molar-refractivity contribution in [1.29, 1.82) is 0 Å².